The Morgan fingerprint density at radius 2 is 1.96 bits per heavy atom. The summed E-state index contributed by atoms with van der Waals surface area (Å²) < 4.78 is 2.05. The van der Waals surface area contributed by atoms with E-state index in [1.807, 2.05) is 30.5 Å². The Kier molecular flexibility index (Phi) is 3.94. The number of nitrogens with one attached hydrogen (secondary N) is 1. The summed E-state index contributed by atoms with van der Waals surface area (Å²) in [4.78, 5) is 19.2. The highest BCUT2D eigenvalue weighted by molar-refractivity contribution is 5.98. The molecular formula is C21H24N4O. The fourth-order valence-corrected chi connectivity index (χ4v) is 3.74. The summed E-state index contributed by atoms with van der Waals surface area (Å²) in [6.07, 6.45) is 3.77. The van der Waals surface area contributed by atoms with Gasteiger partial charge in [-0.3, -0.25) is 4.79 Å². The monoisotopic (exact) mass is 348 g/mol. The first kappa shape index (κ1) is 16.6. The molecule has 1 aliphatic rings. The van der Waals surface area contributed by atoms with E-state index < -0.39 is 0 Å². The van der Waals surface area contributed by atoms with Crippen LogP contribution < -0.4 is 5.32 Å². The summed E-state index contributed by atoms with van der Waals surface area (Å²) in [7, 11) is 3.60. The van der Waals surface area contributed by atoms with Crippen LogP contribution in [0.25, 0.3) is 5.65 Å². The second-order valence-corrected chi connectivity index (χ2v) is 7.22. The van der Waals surface area contributed by atoms with Crippen LogP contribution in [0.15, 0.2) is 36.5 Å². The third-order valence-electron chi connectivity index (χ3n) is 5.34. The van der Waals surface area contributed by atoms with Crippen molar-refractivity contribution in [3.63, 3.8) is 0 Å². The standard InChI is InChI=1S/C21H24N4O/c1-13-14(2)25-12-17(21(26)24(3)4)16-10-11-18(15-8-6-5-7-9-15)23-19(16)20(25)22-13/h5-9,12,18,23H,10-11H2,1-4H3/t18-/m0/s1. The quantitative estimate of drug-likeness (QED) is 0.767. The van der Waals surface area contributed by atoms with E-state index in [4.69, 9.17) is 4.98 Å². The molecule has 0 fully saturated rings. The topological polar surface area (TPSA) is 49.6 Å². The maximum Gasteiger partial charge on any atom is 0.255 e. The smallest absolute Gasteiger partial charge is 0.255 e. The minimum absolute atomic E-state index is 0.0360. The van der Waals surface area contributed by atoms with Crippen LogP contribution in [-0.2, 0) is 6.42 Å². The van der Waals surface area contributed by atoms with Gasteiger partial charge < -0.3 is 14.6 Å². The molecule has 5 nitrogen and oxygen atoms in total. The van der Waals surface area contributed by atoms with Crippen molar-refractivity contribution in [2.24, 2.45) is 0 Å². The molecule has 3 heterocycles. The number of hydrogen-bond acceptors (Lipinski definition) is 3. The molecule has 2 aromatic heterocycles. The molecule has 0 bridgehead atoms. The minimum Gasteiger partial charge on any atom is -0.375 e. The van der Waals surface area contributed by atoms with Gasteiger partial charge in [-0.05, 0) is 37.8 Å². The molecule has 1 atom stereocenters. The number of fused-ring (bicyclic) bond motifs is 3. The number of carbonyl (C=O) groups is 1. The first-order valence-corrected chi connectivity index (χ1v) is 9.01. The summed E-state index contributed by atoms with van der Waals surface area (Å²) in [5.74, 6) is 0.0360. The van der Waals surface area contributed by atoms with Gasteiger partial charge in [0.15, 0.2) is 5.65 Å². The Labute approximate surface area is 153 Å². The molecule has 1 N–H and O–H groups in total. The van der Waals surface area contributed by atoms with Crippen molar-refractivity contribution in [1.29, 1.82) is 0 Å². The van der Waals surface area contributed by atoms with Crippen molar-refractivity contribution < 1.29 is 4.79 Å². The van der Waals surface area contributed by atoms with Gasteiger partial charge in [0.2, 0.25) is 0 Å². The Hall–Kier alpha value is -2.82. The maximum absolute atomic E-state index is 12.8. The van der Waals surface area contributed by atoms with E-state index in [1.54, 1.807) is 19.0 Å². The SMILES string of the molecule is Cc1nc2c3c(c(C(=O)N(C)C)cn2c1C)CC[C@@H](c1ccccc1)N3. The van der Waals surface area contributed by atoms with E-state index >= 15 is 0 Å². The van der Waals surface area contributed by atoms with Crippen LogP contribution in [0.2, 0.25) is 0 Å². The molecule has 1 amide bonds. The highest BCUT2D eigenvalue weighted by atomic mass is 16.2. The molecule has 0 aliphatic carbocycles. The van der Waals surface area contributed by atoms with Gasteiger partial charge in [-0.2, -0.15) is 0 Å². The Morgan fingerprint density at radius 1 is 1.23 bits per heavy atom. The molecule has 134 valence electrons. The number of hydrogen-bond donors (Lipinski definition) is 1. The van der Waals surface area contributed by atoms with E-state index in [0.717, 1.165) is 46.7 Å². The largest absolute Gasteiger partial charge is 0.375 e. The number of imidazole rings is 1. The fraction of sp³-hybridized carbons (Fsp3) is 0.333. The predicted octanol–water partition coefficient (Wildman–Crippen LogP) is 3.75. The Balaban J connectivity index is 1.90. The Bertz CT molecular complexity index is 988. The highest BCUT2D eigenvalue weighted by Gasteiger charge is 2.28. The van der Waals surface area contributed by atoms with Crippen molar-refractivity contribution >= 4 is 17.2 Å². The number of amides is 1. The summed E-state index contributed by atoms with van der Waals surface area (Å²) in [5, 5.41) is 3.68. The van der Waals surface area contributed by atoms with Crippen molar-refractivity contribution in [3.05, 3.63) is 64.6 Å². The van der Waals surface area contributed by atoms with Crippen LogP contribution in [-0.4, -0.2) is 34.3 Å². The maximum atomic E-state index is 12.8. The first-order chi connectivity index (χ1) is 12.5. The molecule has 4 rings (SSSR count). The average Bonchev–Trinajstić information content (AvgIpc) is 2.95. The van der Waals surface area contributed by atoms with Crippen LogP contribution in [0.5, 0.6) is 0 Å². The zero-order valence-corrected chi connectivity index (χ0v) is 15.7. The molecule has 0 saturated carbocycles. The number of aromatic nitrogens is 2. The molecule has 26 heavy (non-hydrogen) atoms. The number of carbonyl (C=O) groups excluding carboxylic acids is 1. The second-order valence-electron chi connectivity index (χ2n) is 7.22. The number of aryl methyl sites for hydroxylation is 2. The zero-order chi connectivity index (χ0) is 18.4. The van der Waals surface area contributed by atoms with Gasteiger partial charge in [-0.15, -0.1) is 0 Å². The van der Waals surface area contributed by atoms with Crippen molar-refractivity contribution in [1.82, 2.24) is 14.3 Å². The van der Waals surface area contributed by atoms with Gasteiger partial charge in [-0.25, -0.2) is 4.98 Å². The lowest BCUT2D eigenvalue weighted by Crippen LogP contribution is -2.27. The third kappa shape index (κ3) is 2.55. The predicted molar refractivity (Wildman–Crippen MR) is 104 cm³/mol. The molecule has 0 spiro atoms. The van der Waals surface area contributed by atoms with E-state index in [0.29, 0.717) is 0 Å². The lowest BCUT2D eigenvalue weighted by atomic mass is 9.91. The average molecular weight is 348 g/mol. The second kappa shape index (κ2) is 6.16. The summed E-state index contributed by atoms with van der Waals surface area (Å²) in [6, 6.07) is 10.7. The molecule has 3 aromatic rings. The van der Waals surface area contributed by atoms with Crippen LogP contribution in [0.1, 0.15) is 45.3 Å². The van der Waals surface area contributed by atoms with E-state index in [9.17, 15) is 4.79 Å². The zero-order valence-electron chi connectivity index (χ0n) is 15.7. The minimum atomic E-state index is 0.0360. The highest BCUT2D eigenvalue weighted by Crippen LogP contribution is 2.37. The molecular weight excluding hydrogens is 324 g/mol. The molecule has 0 saturated heterocycles. The number of nitrogens with zero attached hydrogens (tertiary/aromatic N) is 3. The van der Waals surface area contributed by atoms with Gasteiger partial charge >= 0.3 is 0 Å². The van der Waals surface area contributed by atoms with Crippen LogP contribution in [0.4, 0.5) is 5.69 Å². The number of pyridine rings is 1. The number of rotatable bonds is 2. The van der Waals surface area contributed by atoms with Gasteiger partial charge in [0.1, 0.15) is 0 Å². The lowest BCUT2D eigenvalue weighted by molar-refractivity contribution is 0.0826. The van der Waals surface area contributed by atoms with Crippen LogP contribution in [0.3, 0.4) is 0 Å². The Morgan fingerprint density at radius 3 is 2.65 bits per heavy atom. The van der Waals surface area contributed by atoms with Crippen molar-refractivity contribution in [2.75, 3.05) is 19.4 Å². The number of benzene rings is 1. The lowest BCUT2D eigenvalue weighted by Gasteiger charge is -2.29. The molecule has 1 aliphatic heterocycles. The number of anilines is 1. The van der Waals surface area contributed by atoms with E-state index in [-0.39, 0.29) is 11.9 Å². The molecule has 5 heteroatoms. The van der Waals surface area contributed by atoms with Crippen molar-refractivity contribution in [3.8, 4) is 0 Å². The van der Waals surface area contributed by atoms with Gasteiger partial charge in [-0.1, -0.05) is 30.3 Å². The van der Waals surface area contributed by atoms with E-state index in [1.165, 1.54) is 5.56 Å². The van der Waals surface area contributed by atoms with Crippen LogP contribution >= 0.6 is 0 Å². The van der Waals surface area contributed by atoms with Gasteiger partial charge in [0.05, 0.1) is 23.0 Å². The summed E-state index contributed by atoms with van der Waals surface area (Å²) in [5.41, 5.74) is 7.07. The van der Waals surface area contributed by atoms with Crippen molar-refractivity contribution in [2.45, 2.75) is 32.7 Å². The van der Waals surface area contributed by atoms with Crippen LogP contribution in [0, 0.1) is 13.8 Å². The summed E-state index contributed by atoms with van der Waals surface area (Å²) >= 11 is 0. The normalized spacial score (nSPS) is 16.2. The summed E-state index contributed by atoms with van der Waals surface area (Å²) in [6.45, 7) is 4.06. The molecule has 0 radical (unpaired) electrons. The molecule has 0 unspecified atom stereocenters. The first-order valence-electron chi connectivity index (χ1n) is 9.01. The fourth-order valence-electron chi connectivity index (χ4n) is 3.74. The third-order valence-corrected chi connectivity index (χ3v) is 5.34. The van der Waals surface area contributed by atoms with Gasteiger partial charge in [0, 0.05) is 26.0 Å². The van der Waals surface area contributed by atoms with E-state index in [2.05, 4.69) is 29.6 Å². The van der Waals surface area contributed by atoms with Gasteiger partial charge in [0.25, 0.3) is 5.91 Å². The molecule has 1 aromatic carbocycles.